The second-order valence-corrected chi connectivity index (χ2v) is 6.00. The van der Waals surface area contributed by atoms with Crippen molar-refractivity contribution < 1.29 is 4.79 Å². The number of piperidine rings is 1. The van der Waals surface area contributed by atoms with E-state index in [0.29, 0.717) is 12.0 Å². The first-order chi connectivity index (χ1) is 9.15. The zero-order valence-corrected chi connectivity index (χ0v) is 11.8. The van der Waals surface area contributed by atoms with E-state index in [1.807, 2.05) is 12.1 Å². The molecular formula is C16H22N2O. The van der Waals surface area contributed by atoms with Crippen LogP contribution in [0.1, 0.15) is 34.3 Å². The molecular weight excluding hydrogens is 236 g/mol. The molecule has 0 bridgehead atoms. The summed E-state index contributed by atoms with van der Waals surface area (Å²) < 4.78 is 0. The number of rotatable bonds is 1. The van der Waals surface area contributed by atoms with Crippen LogP contribution < -0.4 is 5.32 Å². The van der Waals surface area contributed by atoms with Crippen LogP contribution >= 0.6 is 0 Å². The lowest BCUT2D eigenvalue weighted by atomic mass is 9.91. The van der Waals surface area contributed by atoms with Gasteiger partial charge in [0.15, 0.2) is 0 Å². The number of aryl methyl sites for hydroxylation is 2. The smallest absolute Gasteiger partial charge is 0.254 e. The Balaban J connectivity index is 1.86. The summed E-state index contributed by atoms with van der Waals surface area (Å²) in [5.41, 5.74) is 3.19. The van der Waals surface area contributed by atoms with Crippen LogP contribution in [0.5, 0.6) is 0 Å². The van der Waals surface area contributed by atoms with Crippen molar-refractivity contribution in [1.82, 2.24) is 10.2 Å². The quantitative estimate of drug-likeness (QED) is 0.837. The first kappa shape index (κ1) is 12.7. The highest BCUT2D eigenvalue weighted by Gasteiger charge is 2.37. The number of likely N-dealkylation sites (tertiary alicyclic amines) is 1. The molecule has 19 heavy (non-hydrogen) atoms. The summed E-state index contributed by atoms with van der Waals surface area (Å²) in [5, 5.41) is 3.43. The van der Waals surface area contributed by atoms with Crippen LogP contribution in [0.4, 0.5) is 0 Å². The molecule has 3 heteroatoms. The number of nitrogens with one attached hydrogen (secondary N) is 1. The fourth-order valence-corrected chi connectivity index (χ4v) is 3.58. The van der Waals surface area contributed by atoms with Gasteiger partial charge in [-0.05, 0) is 44.7 Å². The molecule has 1 aromatic carbocycles. The van der Waals surface area contributed by atoms with Gasteiger partial charge in [-0.1, -0.05) is 17.2 Å². The largest absolute Gasteiger partial charge is 0.334 e. The predicted octanol–water partition coefficient (Wildman–Crippen LogP) is 2.13. The number of carbonyl (C=O) groups excluding carboxylic acids is 1. The van der Waals surface area contributed by atoms with E-state index in [4.69, 9.17) is 0 Å². The minimum absolute atomic E-state index is 0.213. The second kappa shape index (κ2) is 4.97. The monoisotopic (exact) mass is 258 g/mol. The molecule has 0 saturated carbocycles. The Labute approximate surface area is 115 Å². The average Bonchev–Trinajstić information content (AvgIpc) is 2.84. The highest BCUT2D eigenvalue weighted by molar-refractivity contribution is 5.95. The van der Waals surface area contributed by atoms with E-state index in [0.717, 1.165) is 31.6 Å². The molecule has 2 atom stereocenters. The Morgan fingerprint density at radius 2 is 1.95 bits per heavy atom. The molecule has 102 valence electrons. The van der Waals surface area contributed by atoms with E-state index in [-0.39, 0.29) is 5.91 Å². The van der Waals surface area contributed by atoms with E-state index < -0.39 is 0 Å². The number of hydrogen-bond donors (Lipinski definition) is 1. The Bertz CT molecular complexity index is 477. The molecule has 3 nitrogen and oxygen atoms in total. The van der Waals surface area contributed by atoms with Gasteiger partial charge in [-0.15, -0.1) is 0 Å². The molecule has 2 unspecified atom stereocenters. The Kier molecular flexibility index (Phi) is 3.31. The number of nitrogens with zero attached hydrogens (tertiary/aromatic N) is 1. The van der Waals surface area contributed by atoms with Gasteiger partial charge in [0, 0.05) is 31.2 Å². The summed E-state index contributed by atoms with van der Waals surface area (Å²) in [6.07, 6.45) is 2.40. The number of amides is 1. The third-order valence-electron chi connectivity index (χ3n) is 4.41. The Hall–Kier alpha value is -1.35. The molecule has 2 fully saturated rings. The molecule has 0 aromatic heterocycles. The van der Waals surface area contributed by atoms with E-state index >= 15 is 0 Å². The minimum Gasteiger partial charge on any atom is -0.334 e. The lowest BCUT2D eigenvalue weighted by molar-refractivity contribution is 0.0574. The molecule has 2 saturated heterocycles. The topological polar surface area (TPSA) is 32.3 Å². The highest BCUT2D eigenvalue weighted by atomic mass is 16.2. The maximum atomic E-state index is 12.7. The number of benzene rings is 1. The Morgan fingerprint density at radius 3 is 2.68 bits per heavy atom. The third kappa shape index (κ3) is 2.39. The van der Waals surface area contributed by atoms with Crippen molar-refractivity contribution in [3.63, 3.8) is 0 Å². The van der Waals surface area contributed by atoms with Gasteiger partial charge in [-0.3, -0.25) is 4.79 Å². The summed E-state index contributed by atoms with van der Waals surface area (Å²) >= 11 is 0. The normalized spacial score (nSPS) is 26.3. The van der Waals surface area contributed by atoms with E-state index in [1.54, 1.807) is 0 Å². The molecule has 3 rings (SSSR count). The fourth-order valence-electron chi connectivity index (χ4n) is 3.58. The number of fused-ring (bicyclic) bond motifs is 1. The van der Waals surface area contributed by atoms with Gasteiger partial charge >= 0.3 is 0 Å². The van der Waals surface area contributed by atoms with Crippen LogP contribution in [0.3, 0.4) is 0 Å². The molecule has 2 aliphatic heterocycles. The lowest BCUT2D eigenvalue weighted by Crippen LogP contribution is -2.48. The molecule has 0 radical (unpaired) electrons. The maximum absolute atomic E-state index is 12.7. The number of carbonyl (C=O) groups is 1. The van der Waals surface area contributed by atoms with E-state index in [9.17, 15) is 4.79 Å². The van der Waals surface area contributed by atoms with Gasteiger partial charge in [0.05, 0.1) is 0 Å². The van der Waals surface area contributed by atoms with Crippen molar-refractivity contribution in [1.29, 1.82) is 0 Å². The first-order valence-electron chi connectivity index (χ1n) is 7.25. The molecule has 1 aromatic rings. The summed E-state index contributed by atoms with van der Waals surface area (Å²) in [4.78, 5) is 14.8. The fraction of sp³-hybridized carbons (Fsp3) is 0.562. The summed E-state index contributed by atoms with van der Waals surface area (Å²) in [5.74, 6) is 0.869. The van der Waals surface area contributed by atoms with Crippen LogP contribution in [-0.4, -0.2) is 36.5 Å². The highest BCUT2D eigenvalue weighted by Crippen LogP contribution is 2.28. The van der Waals surface area contributed by atoms with Gasteiger partial charge in [0.1, 0.15) is 0 Å². The van der Waals surface area contributed by atoms with Crippen LogP contribution in [0.2, 0.25) is 0 Å². The molecule has 1 N–H and O–H groups in total. The van der Waals surface area contributed by atoms with Crippen molar-refractivity contribution in [2.75, 3.05) is 19.6 Å². The standard InChI is InChI=1S/C16H22N2O/c1-11-6-12(2)8-14(7-11)16(19)18-5-3-4-13-9-17-10-15(13)18/h6-8,13,15,17H,3-5,9-10H2,1-2H3. The zero-order valence-electron chi connectivity index (χ0n) is 11.8. The summed E-state index contributed by atoms with van der Waals surface area (Å²) in [6.45, 7) is 7.05. The van der Waals surface area contributed by atoms with Gasteiger partial charge < -0.3 is 10.2 Å². The van der Waals surface area contributed by atoms with Crippen LogP contribution in [0, 0.1) is 19.8 Å². The van der Waals surface area contributed by atoms with Crippen molar-refractivity contribution in [2.24, 2.45) is 5.92 Å². The Morgan fingerprint density at radius 1 is 1.21 bits per heavy atom. The SMILES string of the molecule is Cc1cc(C)cc(C(=O)N2CCCC3CNCC32)c1. The van der Waals surface area contributed by atoms with Crippen LogP contribution in [0.15, 0.2) is 18.2 Å². The maximum Gasteiger partial charge on any atom is 0.254 e. The van der Waals surface area contributed by atoms with E-state index in [1.165, 1.54) is 17.5 Å². The summed E-state index contributed by atoms with van der Waals surface area (Å²) in [6, 6.07) is 6.55. The van der Waals surface area contributed by atoms with Gasteiger partial charge in [0.25, 0.3) is 5.91 Å². The minimum atomic E-state index is 0.213. The first-order valence-corrected chi connectivity index (χ1v) is 7.25. The number of hydrogen-bond acceptors (Lipinski definition) is 2. The van der Waals surface area contributed by atoms with E-state index in [2.05, 4.69) is 30.1 Å². The molecule has 0 aliphatic carbocycles. The average molecular weight is 258 g/mol. The molecule has 2 heterocycles. The summed E-state index contributed by atoms with van der Waals surface area (Å²) in [7, 11) is 0. The van der Waals surface area contributed by atoms with Crippen molar-refractivity contribution in [3.05, 3.63) is 34.9 Å². The van der Waals surface area contributed by atoms with Crippen molar-refractivity contribution >= 4 is 5.91 Å². The third-order valence-corrected chi connectivity index (χ3v) is 4.41. The van der Waals surface area contributed by atoms with Crippen molar-refractivity contribution in [3.8, 4) is 0 Å². The zero-order chi connectivity index (χ0) is 13.4. The van der Waals surface area contributed by atoms with Crippen LogP contribution in [0.25, 0.3) is 0 Å². The van der Waals surface area contributed by atoms with Gasteiger partial charge in [-0.2, -0.15) is 0 Å². The molecule has 0 spiro atoms. The second-order valence-electron chi connectivity index (χ2n) is 6.00. The molecule has 1 amide bonds. The van der Waals surface area contributed by atoms with Crippen LogP contribution in [-0.2, 0) is 0 Å². The molecule has 2 aliphatic rings. The van der Waals surface area contributed by atoms with Gasteiger partial charge in [-0.25, -0.2) is 0 Å². The van der Waals surface area contributed by atoms with Crippen molar-refractivity contribution in [2.45, 2.75) is 32.7 Å². The predicted molar refractivity (Wildman–Crippen MR) is 76.3 cm³/mol. The lowest BCUT2D eigenvalue weighted by Gasteiger charge is -2.37. The van der Waals surface area contributed by atoms with Gasteiger partial charge in [0.2, 0.25) is 0 Å².